The van der Waals surface area contributed by atoms with Crippen molar-refractivity contribution in [3.8, 4) is 17.0 Å². The normalized spacial score (nSPS) is 23.2. The van der Waals surface area contributed by atoms with Crippen LogP contribution in [-0.4, -0.2) is 68.0 Å². The van der Waals surface area contributed by atoms with E-state index in [1.54, 1.807) is 37.7 Å². The van der Waals surface area contributed by atoms with Crippen LogP contribution in [0.15, 0.2) is 78.0 Å². The minimum Gasteiger partial charge on any atom is -0.497 e. The Morgan fingerprint density at radius 1 is 0.892 bits per heavy atom. The molecule has 10 nitrogen and oxygen atoms in total. The molecule has 0 bridgehead atoms. The summed E-state index contributed by atoms with van der Waals surface area (Å²) < 4.78 is 46.5. The fraction of sp³-hybridized carbons (Fsp3) is 0.269. The second-order valence-corrected chi connectivity index (χ2v) is 10.6. The molecule has 0 spiro atoms. The van der Waals surface area contributed by atoms with Gasteiger partial charge < -0.3 is 19.5 Å². The summed E-state index contributed by atoms with van der Waals surface area (Å²) >= 11 is 0. The summed E-state index contributed by atoms with van der Waals surface area (Å²) in [7, 11) is -2.23. The van der Waals surface area contributed by atoms with Crippen LogP contribution in [-0.2, 0) is 19.5 Å². The number of ether oxygens (including phenoxy) is 3. The number of nitrogens with one attached hydrogen (secondary N) is 2. The number of nitrogens with zero attached hydrogens (tertiary/aromatic N) is 3. The number of hydrogen-bond donors (Lipinski definition) is 2. The van der Waals surface area contributed by atoms with Crippen molar-refractivity contribution in [1.82, 2.24) is 19.7 Å². The summed E-state index contributed by atoms with van der Waals surface area (Å²) in [5.41, 5.74) is 2.12. The number of fused-ring (bicyclic) bond motifs is 2. The van der Waals surface area contributed by atoms with E-state index in [-0.39, 0.29) is 23.6 Å². The van der Waals surface area contributed by atoms with E-state index >= 15 is 0 Å². The first-order chi connectivity index (χ1) is 18.0. The first-order valence-electron chi connectivity index (χ1n) is 11.9. The molecule has 2 aliphatic heterocycles. The highest BCUT2D eigenvalue weighted by Gasteiger charge is 2.49. The van der Waals surface area contributed by atoms with Crippen molar-refractivity contribution in [2.24, 2.45) is 0 Å². The third-order valence-electron chi connectivity index (χ3n) is 6.60. The molecule has 2 N–H and O–H groups in total. The first kappa shape index (κ1) is 23.7. The summed E-state index contributed by atoms with van der Waals surface area (Å²) in [6.07, 6.45) is 2.47. The molecule has 0 radical (unpaired) electrons. The zero-order valence-electron chi connectivity index (χ0n) is 19.9. The SMILES string of the molecule is COc1ccc(-c2ccnc(N[C@H]3CO[C@H]4[C@@H]3OC[C@@H]4NS(=O)(=O)c3cccc4cccnc34)n2)cc1. The molecule has 4 aromatic rings. The third kappa shape index (κ3) is 4.62. The Kier molecular flexibility index (Phi) is 6.21. The van der Waals surface area contributed by atoms with Crippen molar-refractivity contribution in [2.45, 2.75) is 29.2 Å². The van der Waals surface area contributed by atoms with Gasteiger partial charge in [0.25, 0.3) is 0 Å². The fourth-order valence-electron chi connectivity index (χ4n) is 4.80. The Bertz CT molecular complexity index is 1530. The predicted molar refractivity (Wildman–Crippen MR) is 137 cm³/mol. The standard InChI is InChI=1S/C26H25N5O5S/c1-34-18-9-7-16(8-10-18)19-11-13-28-26(29-19)30-20-14-35-25-21(15-36-24(20)25)31-37(32,33)22-6-2-4-17-5-3-12-27-23(17)22/h2-13,20-21,24-25,31H,14-15H2,1H3,(H,28,29,30)/t20-,21-,24+,25+/m0/s1. The molecule has 0 amide bonds. The number of pyridine rings is 1. The van der Waals surface area contributed by atoms with Crippen LogP contribution in [0.3, 0.4) is 0 Å². The Balaban J connectivity index is 1.15. The van der Waals surface area contributed by atoms with Gasteiger partial charge in [-0.05, 0) is 42.5 Å². The van der Waals surface area contributed by atoms with E-state index in [1.165, 1.54) is 0 Å². The highest BCUT2D eigenvalue weighted by Crippen LogP contribution is 2.31. The number of benzene rings is 2. The van der Waals surface area contributed by atoms with Crippen LogP contribution >= 0.6 is 0 Å². The summed E-state index contributed by atoms with van der Waals surface area (Å²) in [4.78, 5) is 13.4. The second-order valence-electron chi connectivity index (χ2n) is 8.90. The molecule has 190 valence electrons. The highest BCUT2D eigenvalue weighted by atomic mass is 32.2. The van der Waals surface area contributed by atoms with Gasteiger partial charge >= 0.3 is 0 Å². The van der Waals surface area contributed by atoms with Crippen molar-refractivity contribution in [1.29, 1.82) is 0 Å². The molecule has 0 saturated carbocycles. The van der Waals surface area contributed by atoms with Crippen LogP contribution in [0.2, 0.25) is 0 Å². The molecule has 0 unspecified atom stereocenters. The topological polar surface area (TPSA) is 125 Å². The lowest BCUT2D eigenvalue weighted by Crippen LogP contribution is -2.44. The minimum atomic E-state index is -3.85. The largest absolute Gasteiger partial charge is 0.497 e. The molecule has 2 aliphatic rings. The number of rotatable bonds is 7. The predicted octanol–water partition coefficient (Wildman–Crippen LogP) is 2.63. The van der Waals surface area contributed by atoms with E-state index in [2.05, 4.69) is 25.0 Å². The zero-order valence-corrected chi connectivity index (χ0v) is 20.8. The molecule has 6 rings (SSSR count). The molecule has 37 heavy (non-hydrogen) atoms. The lowest BCUT2D eigenvalue weighted by atomic mass is 10.1. The van der Waals surface area contributed by atoms with Gasteiger partial charge in [-0.2, -0.15) is 0 Å². The summed E-state index contributed by atoms with van der Waals surface area (Å²) in [5.74, 6) is 1.21. The van der Waals surface area contributed by atoms with Crippen molar-refractivity contribution in [3.05, 3.63) is 73.1 Å². The lowest BCUT2D eigenvalue weighted by molar-refractivity contribution is 0.0690. The van der Waals surface area contributed by atoms with Crippen LogP contribution in [0, 0.1) is 0 Å². The van der Waals surface area contributed by atoms with Gasteiger partial charge in [-0.1, -0.05) is 18.2 Å². The number of hydrogen-bond acceptors (Lipinski definition) is 9. The van der Waals surface area contributed by atoms with Crippen molar-refractivity contribution in [3.63, 3.8) is 0 Å². The van der Waals surface area contributed by atoms with Crippen molar-refractivity contribution < 1.29 is 22.6 Å². The number of aromatic nitrogens is 3. The van der Waals surface area contributed by atoms with Crippen molar-refractivity contribution in [2.75, 3.05) is 25.6 Å². The maximum absolute atomic E-state index is 13.3. The van der Waals surface area contributed by atoms with E-state index in [0.29, 0.717) is 18.1 Å². The van der Waals surface area contributed by atoms with Gasteiger partial charge in [0.15, 0.2) is 0 Å². The average Bonchev–Trinajstić information content (AvgIpc) is 3.51. The van der Waals surface area contributed by atoms with Crippen LogP contribution in [0.5, 0.6) is 5.75 Å². The molecule has 2 saturated heterocycles. The van der Waals surface area contributed by atoms with E-state index in [0.717, 1.165) is 22.4 Å². The van der Waals surface area contributed by atoms with E-state index in [1.807, 2.05) is 42.5 Å². The molecule has 4 heterocycles. The molecule has 0 aliphatic carbocycles. The molecule has 2 aromatic carbocycles. The Hall–Kier alpha value is -3.64. The summed E-state index contributed by atoms with van der Waals surface area (Å²) in [6, 6.07) is 17.4. The van der Waals surface area contributed by atoms with E-state index in [9.17, 15) is 8.42 Å². The van der Waals surface area contributed by atoms with E-state index in [4.69, 9.17) is 14.2 Å². The van der Waals surface area contributed by atoms with Crippen molar-refractivity contribution >= 4 is 26.9 Å². The van der Waals surface area contributed by atoms with E-state index < -0.39 is 22.2 Å². The lowest BCUT2D eigenvalue weighted by Gasteiger charge is -2.19. The Morgan fingerprint density at radius 2 is 1.65 bits per heavy atom. The molecular formula is C26H25N5O5S. The molecule has 2 aromatic heterocycles. The summed E-state index contributed by atoms with van der Waals surface area (Å²) in [6.45, 7) is 0.525. The van der Waals surface area contributed by atoms with Gasteiger partial charge in [0.05, 0.1) is 43.6 Å². The smallest absolute Gasteiger partial charge is 0.243 e. The van der Waals surface area contributed by atoms with Gasteiger partial charge in [-0.3, -0.25) is 4.98 Å². The number of anilines is 1. The monoisotopic (exact) mass is 519 g/mol. The van der Waals surface area contributed by atoms with Gasteiger partial charge in [-0.25, -0.2) is 23.1 Å². The summed E-state index contributed by atoms with van der Waals surface area (Å²) in [5, 5.41) is 4.05. The molecule has 11 heteroatoms. The quantitative estimate of drug-likeness (QED) is 0.379. The molecule has 2 fully saturated rings. The fourth-order valence-corrected chi connectivity index (χ4v) is 6.21. The molecular weight excluding hydrogens is 494 g/mol. The van der Waals surface area contributed by atoms with Gasteiger partial charge in [0, 0.05) is 23.3 Å². The van der Waals surface area contributed by atoms with Gasteiger partial charge in [0.1, 0.15) is 22.9 Å². The van der Waals surface area contributed by atoms with Gasteiger partial charge in [0.2, 0.25) is 16.0 Å². The van der Waals surface area contributed by atoms with Crippen LogP contribution in [0.25, 0.3) is 22.2 Å². The number of methoxy groups -OCH3 is 1. The number of para-hydroxylation sites is 1. The average molecular weight is 520 g/mol. The third-order valence-corrected chi connectivity index (χ3v) is 8.12. The zero-order chi connectivity index (χ0) is 25.4. The first-order valence-corrected chi connectivity index (χ1v) is 13.3. The maximum Gasteiger partial charge on any atom is 0.243 e. The number of sulfonamides is 1. The van der Waals surface area contributed by atoms with Gasteiger partial charge in [-0.15, -0.1) is 0 Å². The second kappa shape index (κ2) is 9.67. The van der Waals surface area contributed by atoms with Crippen LogP contribution in [0.1, 0.15) is 0 Å². The maximum atomic E-state index is 13.3. The Labute approximate surface area is 214 Å². The molecule has 4 atom stereocenters. The highest BCUT2D eigenvalue weighted by molar-refractivity contribution is 7.89. The van der Waals surface area contributed by atoms with Crippen LogP contribution in [0.4, 0.5) is 5.95 Å². The minimum absolute atomic E-state index is 0.130. The Morgan fingerprint density at radius 3 is 2.46 bits per heavy atom. The van der Waals surface area contributed by atoms with Crippen LogP contribution < -0.4 is 14.8 Å².